The summed E-state index contributed by atoms with van der Waals surface area (Å²) in [6, 6.07) is 4.13. The molecule has 166 valence electrons. The zero-order valence-corrected chi connectivity index (χ0v) is 21.6. The van der Waals surface area contributed by atoms with Crippen LogP contribution in [0, 0.1) is 0 Å². The second-order valence-corrected chi connectivity index (χ2v) is 10.2. The van der Waals surface area contributed by atoms with E-state index in [0.717, 1.165) is 30.0 Å². The molecule has 2 N–H and O–H groups in total. The van der Waals surface area contributed by atoms with E-state index in [9.17, 15) is 4.21 Å². The molecule has 0 saturated carbocycles. The van der Waals surface area contributed by atoms with Crippen molar-refractivity contribution in [3.05, 3.63) is 23.3 Å². The van der Waals surface area contributed by atoms with Crippen molar-refractivity contribution in [3.63, 3.8) is 0 Å². The number of hydrogen-bond acceptors (Lipinski definition) is 4. The molecule has 0 amide bonds. The third-order valence-electron chi connectivity index (χ3n) is 4.39. The van der Waals surface area contributed by atoms with Gasteiger partial charge in [-0.3, -0.25) is 4.21 Å². The lowest BCUT2D eigenvalue weighted by Gasteiger charge is -2.18. The van der Waals surface area contributed by atoms with Crippen LogP contribution in [-0.2, 0) is 23.8 Å². The van der Waals surface area contributed by atoms with Gasteiger partial charge in [0.2, 0.25) is 0 Å². The van der Waals surface area contributed by atoms with E-state index in [1.165, 1.54) is 5.56 Å². The standard InChI is InChI=1S/C21H35N3O3S.HI/c1-7-22-20(23-9-10-28(25)21(4,5)6)24-14-17-13-19-16(11-15(3)27-19)12-18(17)26-8-2;/h12-13,15H,7-11,14H2,1-6H3,(H2,22,23,24);1H. The van der Waals surface area contributed by atoms with Crippen LogP contribution in [0.2, 0.25) is 0 Å². The van der Waals surface area contributed by atoms with Crippen molar-refractivity contribution >= 4 is 40.7 Å². The van der Waals surface area contributed by atoms with Gasteiger partial charge in [-0.1, -0.05) is 0 Å². The van der Waals surface area contributed by atoms with E-state index >= 15 is 0 Å². The van der Waals surface area contributed by atoms with Gasteiger partial charge in [-0.25, -0.2) is 4.99 Å². The van der Waals surface area contributed by atoms with E-state index < -0.39 is 10.8 Å². The molecule has 2 rings (SSSR count). The Balaban J connectivity index is 0.00000420. The van der Waals surface area contributed by atoms with Crippen LogP contribution in [0.4, 0.5) is 0 Å². The van der Waals surface area contributed by atoms with Crippen molar-refractivity contribution in [3.8, 4) is 11.5 Å². The molecule has 1 aromatic rings. The van der Waals surface area contributed by atoms with E-state index in [0.29, 0.717) is 31.4 Å². The van der Waals surface area contributed by atoms with Gasteiger partial charge in [0.1, 0.15) is 17.6 Å². The normalized spacial score (nSPS) is 17.0. The van der Waals surface area contributed by atoms with Gasteiger partial charge < -0.3 is 20.1 Å². The van der Waals surface area contributed by atoms with Crippen LogP contribution in [-0.4, -0.2) is 46.5 Å². The largest absolute Gasteiger partial charge is 0.494 e. The lowest BCUT2D eigenvalue weighted by molar-refractivity contribution is 0.254. The Bertz CT molecular complexity index is 720. The minimum atomic E-state index is -0.889. The van der Waals surface area contributed by atoms with Gasteiger partial charge in [-0.15, -0.1) is 24.0 Å². The van der Waals surface area contributed by atoms with Gasteiger partial charge in [0.15, 0.2) is 5.96 Å². The quantitative estimate of drug-likeness (QED) is 0.301. The summed E-state index contributed by atoms with van der Waals surface area (Å²) in [5.41, 5.74) is 2.20. The zero-order valence-electron chi connectivity index (χ0n) is 18.5. The van der Waals surface area contributed by atoms with E-state index in [2.05, 4.69) is 23.6 Å². The van der Waals surface area contributed by atoms with Gasteiger partial charge in [0.05, 0.1) is 13.2 Å². The van der Waals surface area contributed by atoms with E-state index in [4.69, 9.17) is 14.5 Å². The van der Waals surface area contributed by atoms with Crippen LogP contribution in [0.3, 0.4) is 0 Å². The molecule has 1 aromatic carbocycles. The molecule has 0 spiro atoms. The topological polar surface area (TPSA) is 72.0 Å². The first kappa shape index (κ1) is 26.0. The SMILES string of the molecule is CCNC(=NCc1cc2c(cc1OCC)CC(C)O2)NCCS(=O)C(C)(C)C.I. The maximum absolute atomic E-state index is 12.2. The predicted octanol–water partition coefficient (Wildman–Crippen LogP) is 3.63. The van der Waals surface area contributed by atoms with Crippen LogP contribution in [0.1, 0.15) is 52.7 Å². The summed E-state index contributed by atoms with van der Waals surface area (Å²) in [7, 11) is -0.889. The smallest absolute Gasteiger partial charge is 0.191 e. The fourth-order valence-corrected chi connectivity index (χ4v) is 3.87. The Labute approximate surface area is 195 Å². The van der Waals surface area contributed by atoms with Gasteiger partial charge in [-0.05, 0) is 53.7 Å². The number of benzene rings is 1. The lowest BCUT2D eigenvalue weighted by atomic mass is 10.1. The number of guanidine groups is 1. The molecule has 29 heavy (non-hydrogen) atoms. The monoisotopic (exact) mass is 537 g/mol. The number of fused-ring (bicyclic) bond motifs is 1. The highest BCUT2D eigenvalue weighted by atomic mass is 127. The molecule has 0 saturated heterocycles. The zero-order chi connectivity index (χ0) is 20.7. The number of hydrogen-bond donors (Lipinski definition) is 2. The Morgan fingerprint density at radius 3 is 2.66 bits per heavy atom. The Morgan fingerprint density at radius 1 is 1.31 bits per heavy atom. The summed E-state index contributed by atoms with van der Waals surface area (Å²) < 4.78 is 23.7. The first-order chi connectivity index (χ1) is 13.2. The minimum Gasteiger partial charge on any atom is -0.494 e. The molecule has 8 heteroatoms. The molecule has 1 heterocycles. The maximum Gasteiger partial charge on any atom is 0.191 e. The summed E-state index contributed by atoms with van der Waals surface area (Å²) in [5, 5.41) is 6.52. The van der Waals surface area contributed by atoms with Crippen LogP contribution < -0.4 is 20.1 Å². The van der Waals surface area contributed by atoms with Crippen LogP contribution in [0.15, 0.2) is 17.1 Å². The molecule has 0 radical (unpaired) electrons. The molecule has 0 aromatic heterocycles. The average Bonchev–Trinajstić information content (AvgIpc) is 2.97. The van der Waals surface area contributed by atoms with Gasteiger partial charge >= 0.3 is 0 Å². The molecule has 0 aliphatic carbocycles. The third-order valence-corrected chi connectivity index (χ3v) is 6.33. The highest BCUT2D eigenvalue weighted by Gasteiger charge is 2.22. The lowest BCUT2D eigenvalue weighted by Crippen LogP contribution is -2.40. The summed E-state index contributed by atoms with van der Waals surface area (Å²) in [6.07, 6.45) is 1.11. The van der Waals surface area contributed by atoms with Crippen LogP contribution in [0.25, 0.3) is 0 Å². The minimum absolute atomic E-state index is 0. The van der Waals surface area contributed by atoms with Crippen molar-refractivity contribution in [1.82, 2.24) is 10.6 Å². The maximum atomic E-state index is 12.2. The van der Waals surface area contributed by atoms with Crippen molar-refractivity contribution in [2.75, 3.05) is 25.4 Å². The van der Waals surface area contributed by atoms with E-state index in [1.807, 2.05) is 40.7 Å². The first-order valence-corrected chi connectivity index (χ1v) is 11.4. The summed E-state index contributed by atoms with van der Waals surface area (Å²) in [4.78, 5) is 4.69. The second kappa shape index (κ2) is 12.0. The summed E-state index contributed by atoms with van der Waals surface area (Å²) in [5.74, 6) is 3.10. The van der Waals surface area contributed by atoms with Gasteiger partial charge in [-0.2, -0.15) is 0 Å². The number of ether oxygens (including phenoxy) is 2. The van der Waals surface area contributed by atoms with Crippen LogP contribution in [0.5, 0.6) is 11.5 Å². The van der Waals surface area contributed by atoms with Crippen LogP contribution >= 0.6 is 24.0 Å². The molecule has 2 atom stereocenters. The van der Waals surface area contributed by atoms with E-state index in [1.54, 1.807) is 0 Å². The van der Waals surface area contributed by atoms with E-state index in [-0.39, 0.29) is 34.8 Å². The molecule has 0 bridgehead atoms. The number of nitrogens with zero attached hydrogens (tertiary/aromatic N) is 1. The molecule has 1 aliphatic heterocycles. The molecular weight excluding hydrogens is 501 g/mol. The fourth-order valence-electron chi connectivity index (χ4n) is 2.97. The molecule has 1 aliphatic rings. The molecule has 6 nitrogen and oxygen atoms in total. The average molecular weight is 538 g/mol. The Morgan fingerprint density at radius 2 is 2.03 bits per heavy atom. The second-order valence-electron chi connectivity index (χ2n) is 7.92. The highest BCUT2D eigenvalue weighted by molar-refractivity contribution is 14.0. The Hall–Kier alpha value is -1.03. The van der Waals surface area contributed by atoms with Crippen molar-refractivity contribution < 1.29 is 13.7 Å². The van der Waals surface area contributed by atoms with Gasteiger partial charge in [0, 0.05) is 51.9 Å². The van der Waals surface area contributed by atoms with Gasteiger partial charge in [0.25, 0.3) is 0 Å². The van der Waals surface area contributed by atoms with Crippen molar-refractivity contribution in [2.24, 2.45) is 4.99 Å². The molecule has 0 fully saturated rings. The Kier molecular flexibility index (Phi) is 10.7. The third kappa shape index (κ3) is 7.96. The molecular formula is C21H36IN3O3S. The summed E-state index contributed by atoms with van der Waals surface area (Å²) >= 11 is 0. The van der Waals surface area contributed by atoms with Crippen molar-refractivity contribution in [1.29, 1.82) is 0 Å². The highest BCUT2D eigenvalue weighted by Crippen LogP contribution is 2.35. The van der Waals surface area contributed by atoms with Crippen molar-refractivity contribution in [2.45, 2.75) is 65.4 Å². The predicted molar refractivity (Wildman–Crippen MR) is 132 cm³/mol. The number of nitrogens with one attached hydrogen (secondary N) is 2. The number of halogens is 1. The fraction of sp³-hybridized carbons (Fsp3) is 0.667. The number of aliphatic imine (C=N–C) groups is 1. The molecule has 2 unspecified atom stereocenters. The first-order valence-electron chi connectivity index (χ1n) is 10.1. The number of rotatable bonds is 8. The summed E-state index contributed by atoms with van der Waals surface area (Å²) in [6.45, 7) is 14.5.